The van der Waals surface area contributed by atoms with Gasteiger partial charge in [-0.1, -0.05) is 51.1 Å². The molecule has 0 saturated carbocycles. The highest BCUT2D eigenvalue weighted by Gasteiger charge is 2.52. The largest absolute Gasteiger partial charge is 0.452 e. The second-order valence-corrected chi connectivity index (χ2v) is 14.3. The Morgan fingerprint density at radius 3 is 2.29 bits per heavy atom. The van der Waals surface area contributed by atoms with Gasteiger partial charge in [0.25, 0.3) is 0 Å². The SMILES string of the molecule is CC1(C)O[C@H]([C@@H]2C=CC(=O)O2)[C@@H]([C@@H](O[Si](C)(C)C(C)(C)C)c2ccccc2)O1. The maximum absolute atomic E-state index is 11.6. The van der Waals surface area contributed by atoms with Crippen LogP contribution >= 0.6 is 0 Å². The number of carbonyl (C=O) groups is 1. The van der Waals surface area contributed by atoms with Gasteiger partial charge in [0.15, 0.2) is 14.1 Å². The molecule has 5 nitrogen and oxygen atoms in total. The summed E-state index contributed by atoms with van der Waals surface area (Å²) in [7, 11) is -2.11. The summed E-state index contributed by atoms with van der Waals surface area (Å²) in [4.78, 5) is 11.6. The van der Waals surface area contributed by atoms with Gasteiger partial charge in [-0.2, -0.15) is 0 Å². The number of hydrogen-bond acceptors (Lipinski definition) is 5. The Balaban J connectivity index is 1.98. The summed E-state index contributed by atoms with van der Waals surface area (Å²) in [5, 5.41) is 0.0459. The molecule has 0 unspecified atom stereocenters. The first-order valence-corrected chi connectivity index (χ1v) is 12.8. The molecule has 0 bridgehead atoms. The monoisotopic (exact) mass is 404 g/mol. The van der Waals surface area contributed by atoms with Crippen molar-refractivity contribution < 1.29 is 23.4 Å². The molecule has 0 amide bonds. The summed E-state index contributed by atoms with van der Waals surface area (Å²) in [6.45, 7) is 14.9. The zero-order chi connectivity index (χ0) is 20.7. The predicted octanol–water partition coefficient (Wildman–Crippen LogP) is 4.75. The van der Waals surface area contributed by atoms with E-state index in [1.54, 1.807) is 6.08 Å². The lowest BCUT2D eigenvalue weighted by Crippen LogP contribution is -2.47. The molecule has 0 N–H and O–H groups in total. The Labute approximate surface area is 169 Å². The number of cyclic esters (lactones) is 1. The summed E-state index contributed by atoms with van der Waals surface area (Å²) in [5.74, 6) is -1.14. The van der Waals surface area contributed by atoms with Gasteiger partial charge >= 0.3 is 5.97 Å². The fraction of sp³-hybridized carbons (Fsp3) is 0.591. The molecule has 28 heavy (non-hydrogen) atoms. The number of benzene rings is 1. The number of hydrogen-bond donors (Lipinski definition) is 0. The fourth-order valence-electron chi connectivity index (χ4n) is 3.33. The van der Waals surface area contributed by atoms with Crippen molar-refractivity contribution in [2.24, 2.45) is 0 Å². The Morgan fingerprint density at radius 1 is 1.11 bits per heavy atom. The zero-order valence-electron chi connectivity index (χ0n) is 17.9. The topological polar surface area (TPSA) is 54.0 Å². The van der Waals surface area contributed by atoms with Crippen LogP contribution in [0.4, 0.5) is 0 Å². The van der Waals surface area contributed by atoms with Crippen molar-refractivity contribution in [1.29, 1.82) is 0 Å². The van der Waals surface area contributed by atoms with Crippen molar-refractivity contribution in [3.8, 4) is 0 Å². The van der Waals surface area contributed by atoms with E-state index in [2.05, 4.69) is 46.0 Å². The molecule has 0 radical (unpaired) electrons. The van der Waals surface area contributed by atoms with Gasteiger partial charge in [-0.3, -0.25) is 0 Å². The van der Waals surface area contributed by atoms with Gasteiger partial charge in [0, 0.05) is 6.08 Å². The first-order valence-electron chi connectivity index (χ1n) is 9.87. The second kappa shape index (κ2) is 7.41. The maximum Gasteiger partial charge on any atom is 0.331 e. The normalized spacial score (nSPS) is 28.4. The molecule has 1 aromatic rings. The molecule has 0 aliphatic carbocycles. The minimum Gasteiger partial charge on any atom is -0.452 e. The molecule has 6 heteroatoms. The molecule has 1 saturated heterocycles. The lowest BCUT2D eigenvalue weighted by Gasteiger charge is -2.41. The average molecular weight is 405 g/mol. The highest BCUT2D eigenvalue weighted by Crippen LogP contribution is 2.45. The van der Waals surface area contributed by atoms with Crippen molar-refractivity contribution in [1.82, 2.24) is 0 Å². The van der Waals surface area contributed by atoms with E-state index in [1.807, 2.05) is 32.0 Å². The van der Waals surface area contributed by atoms with E-state index >= 15 is 0 Å². The number of esters is 1. The van der Waals surface area contributed by atoms with Crippen LogP contribution < -0.4 is 0 Å². The van der Waals surface area contributed by atoms with Crippen LogP contribution in [0.5, 0.6) is 0 Å². The van der Waals surface area contributed by atoms with Crippen molar-refractivity contribution in [2.75, 3.05) is 0 Å². The molecule has 154 valence electrons. The smallest absolute Gasteiger partial charge is 0.331 e. The van der Waals surface area contributed by atoms with Crippen LogP contribution in [0.3, 0.4) is 0 Å². The molecule has 2 aliphatic heterocycles. The van der Waals surface area contributed by atoms with E-state index in [0.717, 1.165) is 5.56 Å². The van der Waals surface area contributed by atoms with E-state index in [1.165, 1.54) is 6.08 Å². The van der Waals surface area contributed by atoms with Crippen molar-refractivity contribution in [3.05, 3.63) is 48.0 Å². The third kappa shape index (κ3) is 4.40. The van der Waals surface area contributed by atoms with Crippen molar-refractivity contribution >= 4 is 14.3 Å². The standard InChI is InChI=1S/C22H32O5Si/c1-21(2,3)28(6,7)27-18(15-11-9-8-10-12-15)20-19(25-22(4,5)26-20)16-13-14-17(23)24-16/h8-14,16,18-20H,1-7H3/t16-,18-,19+,20+/m0/s1. The fourth-order valence-corrected chi connectivity index (χ4v) is 4.59. The molecule has 4 atom stereocenters. The molecule has 0 spiro atoms. The summed E-state index contributed by atoms with van der Waals surface area (Å²) in [6, 6.07) is 10.1. The van der Waals surface area contributed by atoms with E-state index in [4.69, 9.17) is 18.6 Å². The van der Waals surface area contributed by atoms with Crippen LogP contribution in [0.2, 0.25) is 18.1 Å². The Kier molecular flexibility index (Phi) is 5.62. The molecule has 0 aromatic heterocycles. The Hall–Kier alpha value is -1.47. The van der Waals surface area contributed by atoms with Crippen molar-refractivity contribution in [2.45, 2.75) is 83.0 Å². The third-order valence-electron chi connectivity index (χ3n) is 5.82. The Morgan fingerprint density at radius 2 is 1.75 bits per heavy atom. The minimum atomic E-state index is -2.11. The molecule has 1 fully saturated rings. The molecule has 2 heterocycles. The highest BCUT2D eigenvalue weighted by molar-refractivity contribution is 6.74. The van der Waals surface area contributed by atoms with E-state index in [9.17, 15) is 4.79 Å². The second-order valence-electron chi connectivity index (χ2n) is 9.53. The Bertz CT molecular complexity index is 735. The zero-order valence-corrected chi connectivity index (χ0v) is 18.9. The van der Waals surface area contributed by atoms with Crippen LogP contribution in [0.25, 0.3) is 0 Å². The first kappa shape index (κ1) is 21.2. The lowest BCUT2D eigenvalue weighted by atomic mass is 9.97. The average Bonchev–Trinajstić information content (AvgIpc) is 3.15. The number of rotatable bonds is 5. The summed E-state index contributed by atoms with van der Waals surface area (Å²) >= 11 is 0. The predicted molar refractivity (Wildman–Crippen MR) is 110 cm³/mol. The summed E-state index contributed by atoms with van der Waals surface area (Å²) in [5.41, 5.74) is 1.04. The van der Waals surface area contributed by atoms with Gasteiger partial charge in [0.2, 0.25) is 0 Å². The van der Waals surface area contributed by atoms with Gasteiger partial charge in [-0.05, 0) is 43.6 Å². The molecule has 2 aliphatic rings. The van der Waals surface area contributed by atoms with Gasteiger partial charge in [0.05, 0.1) is 6.10 Å². The number of carbonyl (C=O) groups excluding carboxylic acids is 1. The molecule has 1 aromatic carbocycles. The van der Waals surface area contributed by atoms with Crippen LogP contribution in [-0.2, 0) is 23.4 Å². The van der Waals surface area contributed by atoms with E-state index in [0.29, 0.717) is 0 Å². The van der Waals surface area contributed by atoms with Crippen LogP contribution in [0.15, 0.2) is 42.5 Å². The van der Waals surface area contributed by atoms with Gasteiger partial charge in [0.1, 0.15) is 18.3 Å². The number of ether oxygens (including phenoxy) is 3. The maximum atomic E-state index is 11.6. The van der Waals surface area contributed by atoms with Gasteiger partial charge < -0.3 is 18.6 Å². The quantitative estimate of drug-likeness (QED) is 0.523. The van der Waals surface area contributed by atoms with Gasteiger partial charge in [-0.15, -0.1) is 0 Å². The molecular formula is C22H32O5Si. The van der Waals surface area contributed by atoms with E-state index in [-0.39, 0.29) is 17.1 Å². The van der Waals surface area contributed by atoms with Crippen LogP contribution in [0, 0.1) is 0 Å². The summed E-state index contributed by atoms with van der Waals surface area (Å²) < 4.78 is 24.8. The summed E-state index contributed by atoms with van der Waals surface area (Å²) in [6.07, 6.45) is 1.57. The van der Waals surface area contributed by atoms with E-state index < -0.39 is 32.4 Å². The highest BCUT2D eigenvalue weighted by atomic mass is 28.4. The molecule has 3 rings (SSSR count). The minimum absolute atomic E-state index is 0.0459. The van der Waals surface area contributed by atoms with Gasteiger partial charge in [-0.25, -0.2) is 4.79 Å². The van der Waals surface area contributed by atoms with Crippen molar-refractivity contribution in [3.63, 3.8) is 0 Å². The van der Waals surface area contributed by atoms with Crippen LogP contribution in [0.1, 0.15) is 46.3 Å². The lowest BCUT2D eigenvalue weighted by molar-refractivity contribution is -0.163. The molecular weight excluding hydrogens is 372 g/mol. The third-order valence-corrected chi connectivity index (χ3v) is 10.3. The van der Waals surface area contributed by atoms with Crippen LogP contribution in [-0.4, -0.2) is 38.4 Å². The first-order chi connectivity index (χ1) is 12.9.